The van der Waals surface area contributed by atoms with Crippen LogP contribution in [0.3, 0.4) is 0 Å². The molecule has 1 heterocycles. The minimum Gasteiger partial charge on any atom is -0.445 e. The fraction of sp³-hybridized carbons (Fsp3) is 0.500. The number of benzene rings is 2. The van der Waals surface area contributed by atoms with Gasteiger partial charge in [0, 0.05) is 31.9 Å². The Bertz CT molecular complexity index is 931. The summed E-state index contributed by atoms with van der Waals surface area (Å²) in [4.78, 5) is 30.0. The van der Waals surface area contributed by atoms with E-state index in [9.17, 15) is 9.59 Å². The standard InChI is InChI=1S/C28H37N3O3/c1-21(2)23-12-14-25(15-13-23)29-27(32)26(24-10-6-7-11-24)30-16-18-31(19-17-30)28(33)34-20-22-8-4-3-5-9-22/h3-5,8-9,12-15,21,24,26H,6-7,10-11,16-20H2,1-2H3,(H,29,32)/t26-/m0/s1. The van der Waals surface area contributed by atoms with E-state index < -0.39 is 0 Å². The number of nitrogens with zero attached hydrogens (tertiary/aromatic N) is 2. The Balaban J connectivity index is 1.34. The summed E-state index contributed by atoms with van der Waals surface area (Å²) in [7, 11) is 0. The first-order chi connectivity index (χ1) is 16.5. The van der Waals surface area contributed by atoms with Crippen molar-refractivity contribution in [3.63, 3.8) is 0 Å². The summed E-state index contributed by atoms with van der Waals surface area (Å²) in [5.41, 5.74) is 3.09. The molecule has 182 valence electrons. The average Bonchev–Trinajstić information content (AvgIpc) is 3.38. The zero-order chi connectivity index (χ0) is 23.9. The van der Waals surface area contributed by atoms with E-state index in [0.29, 0.717) is 38.0 Å². The van der Waals surface area contributed by atoms with Gasteiger partial charge in [-0.25, -0.2) is 4.79 Å². The van der Waals surface area contributed by atoms with Gasteiger partial charge in [-0.3, -0.25) is 9.69 Å². The van der Waals surface area contributed by atoms with E-state index in [2.05, 4.69) is 36.2 Å². The molecule has 2 amide bonds. The first kappa shape index (κ1) is 24.3. The van der Waals surface area contributed by atoms with Crippen molar-refractivity contribution in [2.24, 2.45) is 5.92 Å². The van der Waals surface area contributed by atoms with E-state index in [1.165, 1.54) is 18.4 Å². The molecule has 0 radical (unpaired) electrons. The third kappa shape index (κ3) is 6.17. The van der Waals surface area contributed by atoms with Crippen LogP contribution in [0.4, 0.5) is 10.5 Å². The van der Waals surface area contributed by atoms with E-state index in [1.807, 2.05) is 42.5 Å². The molecule has 6 nitrogen and oxygen atoms in total. The average molecular weight is 464 g/mol. The van der Waals surface area contributed by atoms with E-state index in [4.69, 9.17) is 4.74 Å². The number of nitrogens with one attached hydrogen (secondary N) is 1. The molecule has 2 aromatic rings. The molecule has 6 heteroatoms. The largest absolute Gasteiger partial charge is 0.445 e. The third-order valence-electron chi connectivity index (χ3n) is 7.13. The highest BCUT2D eigenvalue weighted by atomic mass is 16.6. The molecule has 1 atom stereocenters. The lowest BCUT2D eigenvalue weighted by Crippen LogP contribution is -2.57. The second-order valence-electron chi connectivity index (χ2n) is 9.82. The Morgan fingerprint density at radius 2 is 1.59 bits per heavy atom. The van der Waals surface area contributed by atoms with Crippen LogP contribution < -0.4 is 5.32 Å². The van der Waals surface area contributed by atoms with Crippen molar-refractivity contribution in [2.75, 3.05) is 31.5 Å². The van der Waals surface area contributed by atoms with Crippen LogP contribution in [-0.2, 0) is 16.1 Å². The monoisotopic (exact) mass is 463 g/mol. The lowest BCUT2D eigenvalue weighted by atomic mass is 9.94. The number of hydrogen-bond donors (Lipinski definition) is 1. The topological polar surface area (TPSA) is 61.9 Å². The van der Waals surface area contributed by atoms with Crippen molar-refractivity contribution in [1.82, 2.24) is 9.80 Å². The van der Waals surface area contributed by atoms with Gasteiger partial charge in [-0.05, 0) is 47.9 Å². The van der Waals surface area contributed by atoms with Crippen LogP contribution in [0, 0.1) is 5.92 Å². The molecule has 0 bridgehead atoms. The van der Waals surface area contributed by atoms with E-state index in [1.54, 1.807) is 4.90 Å². The Morgan fingerprint density at radius 3 is 2.21 bits per heavy atom. The summed E-state index contributed by atoms with van der Waals surface area (Å²) in [6.45, 7) is 7.13. The predicted octanol–water partition coefficient (Wildman–Crippen LogP) is 5.26. The molecule has 0 spiro atoms. The number of rotatable bonds is 7. The fourth-order valence-electron chi connectivity index (χ4n) is 5.11. The molecule has 0 aromatic heterocycles. The minimum absolute atomic E-state index is 0.0734. The summed E-state index contributed by atoms with van der Waals surface area (Å²) >= 11 is 0. The van der Waals surface area contributed by atoms with Crippen LogP contribution in [0.1, 0.15) is 56.6 Å². The summed E-state index contributed by atoms with van der Waals surface area (Å²) < 4.78 is 5.51. The second kappa shape index (κ2) is 11.5. The Kier molecular flexibility index (Phi) is 8.22. The molecule has 2 aromatic carbocycles. The molecule has 1 saturated carbocycles. The third-order valence-corrected chi connectivity index (χ3v) is 7.13. The maximum atomic E-state index is 13.4. The van der Waals surface area contributed by atoms with Gasteiger partial charge in [-0.15, -0.1) is 0 Å². The Hall–Kier alpha value is -2.86. The van der Waals surface area contributed by atoms with E-state index in [-0.39, 0.29) is 24.6 Å². The van der Waals surface area contributed by atoms with Crippen LogP contribution in [-0.4, -0.2) is 54.0 Å². The molecule has 1 aliphatic heterocycles. The zero-order valence-electron chi connectivity index (χ0n) is 20.4. The summed E-state index contributed by atoms with van der Waals surface area (Å²) in [6, 6.07) is 17.7. The van der Waals surface area contributed by atoms with Crippen molar-refractivity contribution in [2.45, 2.75) is 58.1 Å². The molecule has 2 fully saturated rings. The van der Waals surface area contributed by atoms with Gasteiger partial charge in [0.25, 0.3) is 0 Å². The van der Waals surface area contributed by atoms with Crippen molar-refractivity contribution < 1.29 is 14.3 Å². The molecule has 4 rings (SSSR count). The number of amides is 2. The molecule has 0 unspecified atom stereocenters. The van der Waals surface area contributed by atoms with Gasteiger partial charge >= 0.3 is 6.09 Å². The number of anilines is 1. The van der Waals surface area contributed by atoms with Crippen molar-refractivity contribution in [3.05, 3.63) is 65.7 Å². The predicted molar refractivity (Wildman–Crippen MR) is 135 cm³/mol. The lowest BCUT2D eigenvalue weighted by molar-refractivity contribution is -0.124. The number of piperazine rings is 1. The molecule has 1 aliphatic carbocycles. The van der Waals surface area contributed by atoms with Gasteiger partial charge in [-0.1, -0.05) is 69.2 Å². The quantitative estimate of drug-likeness (QED) is 0.608. The molecule has 2 aliphatic rings. The maximum Gasteiger partial charge on any atom is 0.410 e. The van der Waals surface area contributed by atoms with Crippen molar-refractivity contribution >= 4 is 17.7 Å². The number of hydrogen-bond acceptors (Lipinski definition) is 4. The van der Waals surface area contributed by atoms with Gasteiger partial charge < -0.3 is 15.0 Å². The van der Waals surface area contributed by atoms with Gasteiger partial charge in [0.1, 0.15) is 6.61 Å². The number of ether oxygens (including phenoxy) is 1. The SMILES string of the molecule is CC(C)c1ccc(NC(=O)[C@H](C2CCCC2)N2CCN(C(=O)OCc3ccccc3)CC2)cc1. The Morgan fingerprint density at radius 1 is 0.941 bits per heavy atom. The molecular weight excluding hydrogens is 426 g/mol. The summed E-state index contributed by atoms with van der Waals surface area (Å²) in [6.07, 6.45) is 4.26. The zero-order valence-corrected chi connectivity index (χ0v) is 20.4. The second-order valence-corrected chi connectivity index (χ2v) is 9.82. The van der Waals surface area contributed by atoms with Crippen molar-refractivity contribution in [1.29, 1.82) is 0 Å². The van der Waals surface area contributed by atoms with Gasteiger partial charge in [0.2, 0.25) is 5.91 Å². The Labute approximate surface area is 203 Å². The first-order valence-corrected chi connectivity index (χ1v) is 12.6. The highest BCUT2D eigenvalue weighted by Gasteiger charge is 2.37. The highest BCUT2D eigenvalue weighted by molar-refractivity contribution is 5.95. The van der Waals surface area contributed by atoms with Gasteiger partial charge in [0.15, 0.2) is 0 Å². The first-order valence-electron chi connectivity index (χ1n) is 12.6. The summed E-state index contributed by atoms with van der Waals surface area (Å²) in [5.74, 6) is 0.905. The van der Waals surface area contributed by atoms with E-state index >= 15 is 0 Å². The van der Waals surface area contributed by atoms with E-state index in [0.717, 1.165) is 24.1 Å². The summed E-state index contributed by atoms with van der Waals surface area (Å²) in [5, 5.41) is 3.17. The minimum atomic E-state index is -0.282. The van der Waals surface area contributed by atoms with Crippen LogP contribution in [0.5, 0.6) is 0 Å². The van der Waals surface area contributed by atoms with Gasteiger partial charge in [0.05, 0.1) is 6.04 Å². The van der Waals surface area contributed by atoms with Crippen LogP contribution >= 0.6 is 0 Å². The van der Waals surface area contributed by atoms with Crippen LogP contribution in [0.25, 0.3) is 0 Å². The normalized spacial score (nSPS) is 18.1. The fourth-order valence-corrected chi connectivity index (χ4v) is 5.11. The van der Waals surface area contributed by atoms with Crippen LogP contribution in [0.15, 0.2) is 54.6 Å². The molecule has 1 saturated heterocycles. The smallest absolute Gasteiger partial charge is 0.410 e. The molecule has 1 N–H and O–H groups in total. The molecular formula is C28H37N3O3. The lowest BCUT2D eigenvalue weighted by Gasteiger charge is -2.40. The highest BCUT2D eigenvalue weighted by Crippen LogP contribution is 2.32. The maximum absolute atomic E-state index is 13.4. The number of carbonyl (C=O) groups is 2. The van der Waals surface area contributed by atoms with Crippen LogP contribution in [0.2, 0.25) is 0 Å². The molecule has 34 heavy (non-hydrogen) atoms. The number of carbonyl (C=O) groups excluding carboxylic acids is 2. The van der Waals surface area contributed by atoms with Crippen molar-refractivity contribution in [3.8, 4) is 0 Å². The van der Waals surface area contributed by atoms with Gasteiger partial charge in [-0.2, -0.15) is 0 Å².